The highest BCUT2D eigenvalue weighted by Crippen LogP contribution is 2.37. The van der Waals surface area contributed by atoms with E-state index in [-0.39, 0.29) is 11.9 Å². The number of fused-ring (bicyclic) bond motifs is 1. The molecule has 6 nitrogen and oxygen atoms in total. The number of aromatic nitrogens is 3. The summed E-state index contributed by atoms with van der Waals surface area (Å²) in [6.45, 7) is 1.95. The lowest BCUT2D eigenvalue weighted by Gasteiger charge is -2.25. The molecule has 25 heavy (non-hydrogen) atoms. The fourth-order valence-corrected chi connectivity index (χ4v) is 4.66. The van der Waals surface area contributed by atoms with Crippen molar-refractivity contribution in [3.05, 3.63) is 40.7 Å². The zero-order chi connectivity index (χ0) is 17.2. The van der Waals surface area contributed by atoms with E-state index in [1.807, 2.05) is 22.9 Å². The lowest BCUT2D eigenvalue weighted by atomic mass is 10.0. The van der Waals surface area contributed by atoms with E-state index in [2.05, 4.69) is 20.9 Å². The van der Waals surface area contributed by atoms with Crippen molar-refractivity contribution in [2.75, 3.05) is 18.8 Å². The number of carbonyl (C=O) groups excluding carboxylic acids is 1. The van der Waals surface area contributed by atoms with E-state index in [9.17, 15) is 4.79 Å². The number of halogens is 1. The molecule has 1 atom stereocenters. The molecule has 0 saturated carbocycles. The number of carbonyl (C=O) groups is 1. The van der Waals surface area contributed by atoms with Crippen molar-refractivity contribution in [3.63, 3.8) is 0 Å². The first-order chi connectivity index (χ1) is 12.2. The normalized spacial score (nSPS) is 20.9. The van der Waals surface area contributed by atoms with E-state index in [4.69, 9.17) is 11.6 Å². The van der Waals surface area contributed by atoms with E-state index >= 15 is 0 Å². The Morgan fingerprint density at radius 2 is 2.16 bits per heavy atom. The van der Waals surface area contributed by atoms with Crippen molar-refractivity contribution in [2.45, 2.75) is 36.2 Å². The van der Waals surface area contributed by atoms with Gasteiger partial charge in [0.2, 0.25) is 0 Å². The quantitative estimate of drug-likeness (QED) is 0.860. The zero-order valence-corrected chi connectivity index (χ0v) is 15.3. The smallest absolute Gasteiger partial charge is 0.273 e. The summed E-state index contributed by atoms with van der Waals surface area (Å²) in [5.74, 6) is 0.796. The third kappa shape index (κ3) is 3.68. The Kier molecular flexibility index (Phi) is 4.96. The Morgan fingerprint density at radius 3 is 3.00 bits per heavy atom. The average molecular weight is 378 g/mol. The highest BCUT2D eigenvalue weighted by atomic mass is 35.5. The standard InChI is InChI=1S/C17H20ClN5OS/c18-11-1-2-16-13(9-11)14(5-8-25-16)20-17(24)15-10-23(22-21-15)12-3-6-19-7-4-12/h1-2,9-10,12,14,19H,3-8H2,(H,20,24). The Balaban J connectivity index is 1.48. The SMILES string of the molecule is O=C(NC1CCSc2ccc(Cl)cc21)c1cn(C2CCNCC2)nn1. The molecule has 132 valence electrons. The second kappa shape index (κ2) is 7.35. The molecule has 1 unspecified atom stereocenters. The summed E-state index contributed by atoms with van der Waals surface area (Å²) in [6, 6.07) is 6.14. The average Bonchev–Trinajstić information content (AvgIpc) is 3.13. The van der Waals surface area contributed by atoms with Gasteiger partial charge < -0.3 is 10.6 Å². The molecule has 1 amide bonds. The number of piperidine rings is 1. The summed E-state index contributed by atoms with van der Waals surface area (Å²) in [7, 11) is 0. The summed E-state index contributed by atoms with van der Waals surface area (Å²) in [4.78, 5) is 13.8. The van der Waals surface area contributed by atoms with Crippen LogP contribution in [0.25, 0.3) is 0 Å². The molecule has 1 aromatic carbocycles. The van der Waals surface area contributed by atoms with Gasteiger partial charge in [-0.15, -0.1) is 16.9 Å². The maximum absolute atomic E-state index is 12.6. The van der Waals surface area contributed by atoms with Gasteiger partial charge >= 0.3 is 0 Å². The first-order valence-corrected chi connectivity index (χ1v) is 9.93. The minimum Gasteiger partial charge on any atom is -0.344 e. The second-order valence-electron chi connectivity index (χ2n) is 6.41. The minimum atomic E-state index is -0.178. The van der Waals surface area contributed by atoms with Gasteiger partial charge in [-0.3, -0.25) is 4.79 Å². The highest BCUT2D eigenvalue weighted by molar-refractivity contribution is 7.99. The van der Waals surface area contributed by atoms with Crippen LogP contribution in [0, 0.1) is 0 Å². The van der Waals surface area contributed by atoms with Gasteiger partial charge in [-0.05, 0) is 56.1 Å². The summed E-state index contributed by atoms with van der Waals surface area (Å²) < 4.78 is 1.83. The fraction of sp³-hybridized carbons (Fsp3) is 0.471. The van der Waals surface area contributed by atoms with Gasteiger partial charge in [0.25, 0.3) is 5.91 Å². The second-order valence-corrected chi connectivity index (χ2v) is 7.98. The van der Waals surface area contributed by atoms with Crippen LogP contribution in [0.5, 0.6) is 0 Å². The molecular formula is C17H20ClN5OS. The molecule has 0 radical (unpaired) electrons. The van der Waals surface area contributed by atoms with Gasteiger partial charge in [0, 0.05) is 15.7 Å². The first-order valence-electron chi connectivity index (χ1n) is 8.56. The van der Waals surface area contributed by atoms with Crippen molar-refractivity contribution in [3.8, 4) is 0 Å². The Hall–Kier alpha value is -1.57. The van der Waals surface area contributed by atoms with Crippen LogP contribution >= 0.6 is 23.4 Å². The van der Waals surface area contributed by atoms with Gasteiger partial charge in [-0.2, -0.15) is 0 Å². The van der Waals surface area contributed by atoms with Crippen LogP contribution in [0.4, 0.5) is 0 Å². The summed E-state index contributed by atoms with van der Waals surface area (Å²) in [6.07, 6.45) is 4.67. The molecule has 1 aromatic heterocycles. The summed E-state index contributed by atoms with van der Waals surface area (Å²) in [5, 5.41) is 15.4. The van der Waals surface area contributed by atoms with E-state index in [1.165, 1.54) is 4.90 Å². The number of hydrogen-bond donors (Lipinski definition) is 2. The molecule has 1 fully saturated rings. The van der Waals surface area contributed by atoms with Crippen LogP contribution in [0.2, 0.25) is 5.02 Å². The molecule has 2 aliphatic rings. The largest absolute Gasteiger partial charge is 0.344 e. The Bertz CT molecular complexity index is 774. The molecule has 0 spiro atoms. The van der Waals surface area contributed by atoms with E-state index in [0.717, 1.165) is 43.7 Å². The van der Waals surface area contributed by atoms with Crippen molar-refractivity contribution in [1.29, 1.82) is 0 Å². The van der Waals surface area contributed by atoms with Gasteiger partial charge in [-0.1, -0.05) is 16.8 Å². The highest BCUT2D eigenvalue weighted by Gasteiger charge is 2.25. The number of benzene rings is 1. The van der Waals surface area contributed by atoms with Crippen LogP contribution in [0.3, 0.4) is 0 Å². The van der Waals surface area contributed by atoms with Crippen LogP contribution in [0.15, 0.2) is 29.3 Å². The van der Waals surface area contributed by atoms with E-state index < -0.39 is 0 Å². The predicted molar refractivity (Wildman–Crippen MR) is 98.2 cm³/mol. The zero-order valence-electron chi connectivity index (χ0n) is 13.7. The number of nitrogens with one attached hydrogen (secondary N) is 2. The molecule has 0 bridgehead atoms. The maximum atomic E-state index is 12.6. The first kappa shape index (κ1) is 16.9. The molecule has 4 rings (SSSR count). The Morgan fingerprint density at radius 1 is 1.32 bits per heavy atom. The molecule has 2 aliphatic heterocycles. The van der Waals surface area contributed by atoms with Gasteiger partial charge in [0.05, 0.1) is 18.3 Å². The molecule has 0 aliphatic carbocycles. The number of nitrogens with zero attached hydrogens (tertiary/aromatic N) is 3. The molecule has 3 heterocycles. The number of thioether (sulfide) groups is 1. The topological polar surface area (TPSA) is 71.8 Å². The minimum absolute atomic E-state index is 0.0357. The lowest BCUT2D eigenvalue weighted by molar-refractivity contribution is 0.0930. The van der Waals surface area contributed by atoms with Crippen molar-refractivity contribution in [2.24, 2.45) is 0 Å². The van der Waals surface area contributed by atoms with E-state index in [0.29, 0.717) is 16.8 Å². The summed E-state index contributed by atoms with van der Waals surface area (Å²) in [5.41, 5.74) is 1.46. The van der Waals surface area contributed by atoms with Gasteiger partial charge in [0.1, 0.15) is 0 Å². The Labute approximate surface area is 155 Å². The van der Waals surface area contributed by atoms with Crippen LogP contribution in [-0.2, 0) is 0 Å². The van der Waals surface area contributed by atoms with Crippen molar-refractivity contribution >= 4 is 29.3 Å². The number of hydrogen-bond acceptors (Lipinski definition) is 5. The maximum Gasteiger partial charge on any atom is 0.273 e. The molecular weight excluding hydrogens is 358 g/mol. The van der Waals surface area contributed by atoms with Crippen LogP contribution in [0.1, 0.15) is 47.4 Å². The molecule has 1 saturated heterocycles. The van der Waals surface area contributed by atoms with Crippen molar-refractivity contribution in [1.82, 2.24) is 25.6 Å². The van der Waals surface area contributed by atoms with Gasteiger partial charge in [-0.25, -0.2) is 4.68 Å². The number of amides is 1. The number of rotatable bonds is 3. The monoisotopic (exact) mass is 377 g/mol. The molecule has 8 heteroatoms. The lowest BCUT2D eigenvalue weighted by Crippen LogP contribution is -2.31. The summed E-state index contributed by atoms with van der Waals surface area (Å²) >= 11 is 7.93. The fourth-order valence-electron chi connectivity index (χ4n) is 3.38. The van der Waals surface area contributed by atoms with Crippen LogP contribution in [-0.4, -0.2) is 39.7 Å². The van der Waals surface area contributed by atoms with E-state index in [1.54, 1.807) is 18.0 Å². The third-order valence-corrected chi connectivity index (χ3v) is 6.10. The van der Waals surface area contributed by atoms with Crippen molar-refractivity contribution < 1.29 is 4.79 Å². The predicted octanol–water partition coefficient (Wildman–Crippen LogP) is 2.82. The van der Waals surface area contributed by atoms with Gasteiger partial charge in [0.15, 0.2) is 5.69 Å². The van der Waals surface area contributed by atoms with Crippen LogP contribution < -0.4 is 10.6 Å². The molecule has 2 N–H and O–H groups in total. The molecule has 2 aromatic rings. The third-order valence-electron chi connectivity index (χ3n) is 4.74.